The number of amides is 1. The molecule has 5 rings (SSSR count). The van der Waals surface area contributed by atoms with Gasteiger partial charge < -0.3 is 19.4 Å². The summed E-state index contributed by atoms with van der Waals surface area (Å²) in [6.07, 6.45) is -0.465. The molecule has 0 bridgehead atoms. The van der Waals surface area contributed by atoms with Gasteiger partial charge >= 0.3 is 0 Å². The average molecular weight is 442 g/mol. The molecule has 9 nitrogen and oxygen atoms in total. The summed E-state index contributed by atoms with van der Waals surface area (Å²) in [6.45, 7) is 3.51. The number of aliphatic hydroxyl groups excluding tert-OH is 1. The van der Waals surface area contributed by atoms with E-state index in [1.54, 1.807) is 10.7 Å². The van der Waals surface area contributed by atoms with E-state index in [0.29, 0.717) is 17.8 Å². The number of aromatic nitrogens is 5. The largest absolute Gasteiger partial charge is 0.432 e. The Kier molecular flexibility index (Phi) is 4.77. The van der Waals surface area contributed by atoms with Crippen molar-refractivity contribution in [3.05, 3.63) is 70.7 Å². The number of H-pyrrole nitrogens is 1. The number of imidazole rings is 1. The highest BCUT2D eigenvalue weighted by atomic mass is 19.3. The topological polar surface area (TPSA) is 113 Å². The Morgan fingerprint density at radius 3 is 2.94 bits per heavy atom. The summed E-state index contributed by atoms with van der Waals surface area (Å²) in [5, 5.41) is 14.3. The molecular weight excluding hydrogens is 422 g/mol. The van der Waals surface area contributed by atoms with Crippen LogP contribution in [0, 0.1) is 6.92 Å². The number of halogens is 2. The molecule has 4 aromatic heterocycles. The molecule has 0 spiro atoms. The molecule has 0 radical (unpaired) electrons. The fourth-order valence-electron chi connectivity index (χ4n) is 4.06. The first-order valence-corrected chi connectivity index (χ1v) is 10.1. The van der Waals surface area contributed by atoms with Crippen LogP contribution in [-0.2, 0) is 6.42 Å². The molecule has 0 saturated carbocycles. The van der Waals surface area contributed by atoms with Gasteiger partial charge in [-0.15, -0.1) is 0 Å². The van der Waals surface area contributed by atoms with Crippen LogP contribution in [0.3, 0.4) is 0 Å². The maximum atomic E-state index is 13.6. The first-order valence-electron chi connectivity index (χ1n) is 10.1. The van der Waals surface area contributed by atoms with Gasteiger partial charge in [0.05, 0.1) is 23.2 Å². The number of aromatic amines is 1. The Labute approximate surface area is 180 Å². The third kappa shape index (κ3) is 3.16. The lowest BCUT2D eigenvalue weighted by Gasteiger charge is -2.33. The molecule has 166 valence electrons. The summed E-state index contributed by atoms with van der Waals surface area (Å²) in [5.74, 6) is -1.67. The van der Waals surface area contributed by atoms with Crippen molar-refractivity contribution in [2.24, 2.45) is 0 Å². The summed E-state index contributed by atoms with van der Waals surface area (Å²) < 4.78 is 34.2. The molecule has 32 heavy (non-hydrogen) atoms. The number of oxazole rings is 1. The number of nitrogens with zero attached hydrogens (tertiary/aromatic N) is 5. The molecule has 0 aromatic carbocycles. The van der Waals surface area contributed by atoms with E-state index in [1.807, 2.05) is 25.1 Å². The van der Waals surface area contributed by atoms with E-state index < -0.39 is 35.9 Å². The molecule has 0 saturated heterocycles. The number of pyridine rings is 1. The predicted octanol–water partition coefficient (Wildman–Crippen LogP) is 3.13. The molecular formula is C21H20F2N6O3. The molecule has 2 N–H and O–H groups in total. The Bertz CT molecular complexity index is 1310. The van der Waals surface area contributed by atoms with Crippen molar-refractivity contribution in [2.75, 3.05) is 6.54 Å². The number of rotatable bonds is 4. The van der Waals surface area contributed by atoms with Crippen LogP contribution in [0.25, 0.3) is 5.52 Å². The van der Waals surface area contributed by atoms with Crippen LogP contribution >= 0.6 is 0 Å². The molecule has 1 aliphatic heterocycles. The zero-order chi connectivity index (χ0) is 22.6. The zero-order valence-electron chi connectivity index (χ0n) is 17.3. The minimum atomic E-state index is -3.03. The standard InChI is InChI=1S/C21H20F2N6O3/c1-10-4-3-6-29-14(10)8-13(27-29)17-15-12(24-9-25-15)5-7-28(17)21(31)18-16(19(22)23)26-20(32-18)11(2)30/h3-4,6,8-9,11,17,19,30H,5,7H2,1-2H3,(H,24,25)/t11-,17-/m1/s1. The highest BCUT2D eigenvalue weighted by Crippen LogP contribution is 2.36. The van der Waals surface area contributed by atoms with Gasteiger partial charge in [-0.05, 0) is 31.5 Å². The van der Waals surface area contributed by atoms with Gasteiger partial charge in [-0.1, -0.05) is 6.07 Å². The van der Waals surface area contributed by atoms with Gasteiger partial charge in [0.1, 0.15) is 12.1 Å². The number of aliphatic hydroxyl groups is 1. The van der Waals surface area contributed by atoms with Crippen LogP contribution in [0.1, 0.15) is 70.3 Å². The van der Waals surface area contributed by atoms with Crippen molar-refractivity contribution in [2.45, 2.75) is 38.8 Å². The number of hydrogen-bond acceptors (Lipinski definition) is 6. The number of hydrogen-bond donors (Lipinski definition) is 2. The molecule has 5 heterocycles. The van der Waals surface area contributed by atoms with Crippen LogP contribution in [0.5, 0.6) is 0 Å². The SMILES string of the molecule is Cc1cccn2nc([C@@H]3c4nc[nH]c4CCN3C(=O)c3oc([C@@H](C)O)nc3C(F)F)cc12. The molecule has 0 unspecified atom stereocenters. The Hall–Kier alpha value is -3.60. The van der Waals surface area contributed by atoms with Crippen molar-refractivity contribution < 1.29 is 23.1 Å². The van der Waals surface area contributed by atoms with Crippen molar-refractivity contribution >= 4 is 11.4 Å². The highest BCUT2D eigenvalue weighted by molar-refractivity contribution is 5.93. The maximum absolute atomic E-state index is 13.6. The number of fused-ring (bicyclic) bond motifs is 2. The van der Waals surface area contributed by atoms with Gasteiger partial charge in [-0.25, -0.2) is 23.3 Å². The second kappa shape index (κ2) is 7.52. The predicted molar refractivity (Wildman–Crippen MR) is 107 cm³/mol. The second-order valence-electron chi connectivity index (χ2n) is 7.75. The summed E-state index contributed by atoms with van der Waals surface area (Å²) in [5.41, 5.74) is 3.07. The van der Waals surface area contributed by atoms with Crippen molar-refractivity contribution in [3.63, 3.8) is 0 Å². The van der Waals surface area contributed by atoms with E-state index in [1.165, 1.54) is 18.2 Å². The van der Waals surface area contributed by atoms with E-state index in [0.717, 1.165) is 16.8 Å². The number of carbonyl (C=O) groups excluding carboxylic acids is 1. The van der Waals surface area contributed by atoms with Crippen molar-refractivity contribution in [3.8, 4) is 0 Å². The first kappa shape index (κ1) is 20.3. The quantitative estimate of drug-likeness (QED) is 0.502. The monoisotopic (exact) mass is 442 g/mol. The molecule has 0 aliphatic carbocycles. The highest BCUT2D eigenvalue weighted by Gasteiger charge is 2.40. The summed E-state index contributed by atoms with van der Waals surface area (Å²) >= 11 is 0. The molecule has 1 amide bonds. The number of aryl methyl sites for hydroxylation is 1. The first-order chi connectivity index (χ1) is 15.3. The molecule has 2 atom stereocenters. The lowest BCUT2D eigenvalue weighted by Crippen LogP contribution is -2.41. The van der Waals surface area contributed by atoms with Crippen LogP contribution < -0.4 is 0 Å². The molecule has 1 aliphatic rings. The van der Waals surface area contributed by atoms with E-state index >= 15 is 0 Å². The van der Waals surface area contributed by atoms with E-state index in [-0.39, 0.29) is 12.4 Å². The van der Waals surface area contributed by atoms with Gasteiger partial charge in [0, 0.05) is 24.9 Å². The van der Waals surface area contributed by atoms with Crippen LogP contribution in [-0.4, -0.2) is 47.0 Å². The Morgan fingerprint density at radius 1 is 1.41 bits per heavy atom. The zero-order valence-corrected chi connectivity index (χ0v) is 17.3. The number of carbonyl (C=O) groups is 1. The van der Waals surface area contributed by atoms with Crippen molar-refractivity contribution in [1.82, 2.24) is 29.5 Å². The minimum absolute atomic E-state index is 0.235. The van der Waals surface area contributed by atoms with Crippen molar-refractivity contribution in [1.29, 1.82) is 0 Å². The van der Waals surface area contributed by atoms with Crippen LogP contribution in [0.4, 0.5) is 8.78 Å². The Morgan fingerprint density at radius 2 is 2.22 bits per heavy atom. The van der Waals surface area contributed by atoms with Crippen LogP contribution in [0.2, 0.25) is 0 Å². The second-order valence-corrected chi connectivity index (χ2v) is 7.75. The summed E-state index contributed by atoms with van der Waals surface area (Å²) in [4.78, 5) is 26.0. The van der Waals surface area contributed by atoms with Crippen LogP contribution in [0.15, 0.2) is 35.1 Å². The van der Waals surface area contributed by atoms with Gasteiger partial charge in [-0.2, -0.15) is 5.10 Å². The lowest BCUT2D eigenvalue weighted by atomic mass is 9.99. The van der Waals surface area contributed by atoms with E-state index in [2.05, 4.69) is 20.1 Å². The third-order valence-corrected chi connectivity index (χ3v) is 5.63. The van der Waals surface area contributed by atoms with Gasteiger partial charge in [0.15, 0.2) is 5.69 Å². The third-order valence-electron chi connectivity index (χ3n) is 5.63. The number of alkyl halides is 2. The maximum Gasteiger partial charge on any atom is 0.292 e. The summed E-state index contributed by atoms with van der Waals surface area (Å²) in [7, 11) is 0. The normalized spacial score (nSPS) is 17.2. The average Bonchev–Trinajstić information content (AvgIpc) is 3.49. The minimum Gasteiger partial charge on any atom is -0.432 e. The number of nitrogens with one attached hydrogen (secondary N) is 1. The molecule has 0 fully saturated rings. The smallest absolute Gasteiger partial charge is 0.292 e. The van der Waals surface area contributed by atoms with Gasteiger partial charge in [0.25, 0.3) is 12.3 Å². The molecule has 4 aromatic rings. The lowest BCUT2D eigenvalue weighted by molar-refractivity contribution is 0.0631. The Balaban J connectivity index is 1.63. The van der Waals surface area contributed by atoms with E-state index in [9.17, 15) is 18.7 Å². The fraction of sp³-hybridized carbons (Fsp3) is 0.333. The molecule has 11 heteroatoms. The van der Waals surface area contributed by atoms with Gasteiger partial charge in [-0.3, -0.25) is 4.79 Å². The fourth-order valence-corrected chi connectivity index (χ4v) is 4.06. The van der Waals surface area contributed by atoms with E-state index in [4.69, 9.17) is 4.42 Å². The summed E-state index contributed by atoms with van der Waals surface area (Å²) in [6, 6.07) is 4.97. The van der Waals surface area contributed by atoms with Gasteiger partial charge in [0.2, 0.25) is 11.7 Å².